The fourth-order valence-corrected chi connectivity index (χ4v) is 4.86. The maximum Gasteiger partial charge on any atom is -0.00135 e. The summed E-state index contributed by atoms with van der Waals surface area (Å²) < 4.78 is 0. The Balaban J connectivity index is -0.000000299. The number of hydrogen-bond donors (Lipinski definition) is 0. The predicted molar refractivity (Wildman–Crippen MR) is 268 cm³/mol. The molecule has 310 valence electrons. The summed E-state index contributed by atoms with van der Waals surface area (Å²) in [6, 6.07) is 66.8. The van der Waals surface area contributed by atoms with Crippen molar-refractivity contribution in [3.8, 4) is 22.3 Å². The normalized spacial score (nSPS) is 8.28. The molecule has 0 nitrogen and oxygen atoms in total. The van der Waals surface area contributed by atoms with Crippen LogP contribution in [0.2, 0.25) is 0 Å². The van der Waals surface area contributed by atoms with Gasteiger partial charge in [-0.15, -0.1) is 0 Å². The SMILES string of the molecule is CC.CC.CC.CC.CC.CC.CC.CC.c1ccc(-c2ccccc2)cc1.c1ccc2c(c1)Cc1ccccc1-2.c1ccc2ccccc2c1.c1ccccc1. The van der Waals surface area contributed by atoms with Crippen LogP contribution in [0.5, 0.6) is 0 Å². The van der Waals surface area contributed by atoms with Gasteiger partial charge in [-0.3, -0.25) is 0 Å². The highest BCUT2D eigenvalue weighted by Crippen LogP contribution is 2.35. The van der Waals surface area contributed by atoms with Crippen molar-refractivity contribution in [1.82, 2.24) is 0 Å². The van der Waals surface area contributed by atoms with Crippen LogP contribution in [0.3, 0.4) is 0 Å². The van der Waals surface area contributed by atoms with E-state index in [0.717, 1.165) is 6.42 Å². The van der Waals surface area contributed by atoms with Gasteiger partial charge in [-0.2, -0.15) is 0 Å². The maximum absolute atomic E-state index is 2.22. The lowest BCUT2D eigenvalue weighted by Crippen LogP contribution is -1.77. The van der Waals surface area contributed by atoms with Crippen LogP contribution in [0.25, 0.3) is 33.0 Å². The molecule has 0 heterocycles. The van der Waals surface area contributed by atoms with E-state index in [1.54, 1.807) is 0 Å². The molecule has 7 aromatic carbocycles. The Morgan fingerprint density at radius 3 is 0.667 bits per heavy atom. The molecule has 0 bridgehead atoms. The fourth-order valence-electron chi connectivity index (χ4n) is 4.86. The summed E-state index contributed by atoms with van der Waals surface area (Å²) >= 11 is 0. The average Bonchev–Trinajstić information content (AvgIpc) is 3.75. The van der Waals surface area contributed by atoms with Crippen molar-refractivity contribution in [1.29, 1.82) is 0 Å². The van der Waals surface area contributed by atoms with Crippen molar-refractivity contribution >= 4 is 10.8 Å². The van der Waals surface area contributed by atoms with Crippen LogP contribution in [0, 0.1) is 0 Å². The molecule has 0 saturated carbocycles. The minimum Gasteiger partial charge on any atom is -0.0683 e. The van der Waals surface area contributed by atoms with Crippen LogP contribution in [-0.2, 0) is 6.42 Å². The van der Waals surface area contributed by atoms with E-state index in [0.29, 0.717) is 0 Å². The lowest BCUT2D eigenvalue weighted by molar-refractivity contribution is 1.26. The number of fused-ring (bicyclic) bond motifs is 4. The van der Waals surface area contributed by atoms with Gasteiger partial charge in [0.1, 0.15) is 0 Å². The van der Waals surface area contributed by atoms with Crippen LogP contribution < -0.4 is 0 Å². The van der Waals surface area contributed by atoms with Crippen molar-refractivity contribution in [2.75, 3.05) is 0 Å². The molecule has 57 heavy (non-hydrogen) atoms. The first-order valence-electron chi connectivity index (χ1n) is 22.1. The maximum atomic E-state index is 2.22. The molecule has 0 unspecified atom stereocenters. The number of benzene rings is 7. The van der Waals surface area contributed by atoms with Crippen molar-refractivity contribution in [3.63, 3.8) is 0 Å². The second kappa shape index (κ2) is 47.0. The Morgan fingerprint density at radius 2 is 0.404 bits per heavy atom. The van der Waals surface area contributed by atoms with Gasteiger partial charge in [0.25, 0.3) is 0 Å². The second-order valence-corrected chi connectivity index (χ2v) is 9.72. The minimum atomic E-state index is 1.10. The van der Waals surface area contributed by atoms with E-state index in [4.69, 9.17) is 0 Å². The zero-order valence-corrected chi connectivity index (χ0v) is 39.2. The largest absolute Gasteiger partial charge is 0.0683 e. The Bertz CT molecular complexity index is 1560. The molecule has 0 spiro atoms. The van der Waals surface area contributed by atoms with E-state index in [1.165, 1.54) is 44.2 Å². The molecule has 0 atom stereocenters. The van der Waals surface area contributed by atoms with Gasteiger partial charge in [0.05, 0.1) is 0 Å². The van der Waals surface area contributed by atoms with Crippen molar-refractivity contribution in [2.24, 2.45) is 0 Å². The van der Waals surface area contributed by atoms with Crippen LogP contribution in [-0.4, -0.2) is 0 Å². The number of rotatable bonds is 1. The van der Waals surface area contributed by atoms with Gasteiger partial charge in [-0.05, 0) is 50.6 Å². The van der Waals surface area contributed by atoms with Crippen molar-refractivity contribution in [3.05, 3.63) is 205 Å². The molecule has 0 N–H and O–H groups in total. The molecule has 0 fully saturated rings. The summed E-state index contributed by atoms with van der Waals surface area (Å²) in [7, 11) is 0. The van der Waals surface area contributed by atoms with Gasteiger partial charge in [-0.1, -0.05) is 305 Å². The zero-order valence-electron chi connectivity index (χ0n) is 39.2. The van der Waals surface area contributed by atoms with Gasteiger partial charge in [0, 0.05) is 0 Å². The van der Waals surface area contributed by atoms with Crippen LogP contribution >= 0.6 is 0 Å². The molecule has 0 heteroatoms. The summed E-state index contributed by atoms with van der Waals surface area (Å²) in [5.41, 5.74) is 8.31. The number of hydrogen-bond acceptors (Lipinski definition) is 0. The van der Waals surface area contributed by atoms with Gasteiger partial charge in [0.15, 0.2) is 0 Å². The molecule has 0 aromatic heterocycles. The molecule has 0 aliphatic heterocycles. The third kappa shape index (κ3) is 25.6. The molecule has 1 aliphatic carbocycles. The third-order valence-corrected chi connectivity index (χ3v) is 6.91. The highest BCUT2D eigenvalue weighted by molar-refractivity contribution is 5.82. The highest BCUT2D eigenvalue weighted by Gasteiger charge is 2.15. The van der Waals surface area contributed by atoms with Gasteiger partial charge in [0.2, 0.25) is 0 Å². The molecule has 0 saturated heterocycles. The fraction of sp³-hybridized carbons (Fsp3) is 0.298. The Labute approximate surface area is 354 Å². The van der Waals surface area contributed by atoms with E-state index in [9.17, 15) is 0 Å². The Kier molecular flexibility index (Phi) is 48.2. The second-order valence-electron chi connectivity index (χ2n) is 9.72. The molecule has 8 rings (SSSR count). The summed E-state index contributed by atoms with van der Waals surface area (Å²) in [5.74, 6) is 0. The first-order chi connectivity index (χ1) is 28.4. The molecule has 7 aromatic rings. The van der Waals surface area contributed by atoms with Crippen molar-refractivity contribution in [2.45, 2.75) is 117 Å². The lowest BCUT2D eigenvalue weighted by Gasteiger charge is -1.98. The predicted octanol–water partition coefficient (Wildman–Crippen LogP) is 19.3. The van der Waals surface area contributed by atoms with E-state index in [1.807, 2.05) is 159 Å². The van der Waals surface area contributed by atoms with Crippen LogP contribution in [0.1, 0.15) is 122 Å². The topological polar surface area (TPSA) is 0 Å². The first-order valence-corrected chi connectivity index (χ1v) is 22.1. The van der Waals surface area contributed by atoms with Crippen LogP contribution in [0.15, 0.2) is 194 Å². The monoisotopic (exact) mass is 767 g/mol. The van der Waals surface area contributed by atoms with E-state index in [2.05, 4.69) is 146 Å². The lowest BCUT2D eigenvalue weighted by atomic mass is 10.1. The molecule has 0 radical (unpaired) electrons. The van der Waals surface area contributed by atoms with E-state index < -0.39 is 0 Å². The standard InChI is InChI=1S/C13H10.C12H10.C10H8.C6H6.8C2H6/c1-3-7-12-10(5-1)9-11-6-2-4-8-13(11)12;1-3-7-11(8-4-1)12-9-5-2-6-10-12;1-2-6-10-8-4-3-7-9(10)5-1;1-2-4-6-5-3-1;8*1-2/h1-8H,9H2;1-10H;1-8H;1-6H;8*1-2H3. The summed E-state index contributed by atoms with van der Waals surface area (Å²) in [4.78, 5) is 0. The molecular weight excluding hydrogens is 685 g/mol. The summed E-state index contributed by atoms with van der Waals surface area (Å²) in [5, 5.41) is 2.62. The smallest absolute Gasteiger partial charge is 0.00135 e. The first kappa shape index (κ1) is 58.5. The van der Waals surface area contributed by atoms with Gasteiger partial charge >= 0.3 is 0 Å². The summed E-state index contributed by atoms with van der Waals surface area (Å²) in [6.45, 7) is 32.0. The van der Waals surface area contributed by atoms with Gasteiger partial charge in [-0.25, -0.2) is 0 Å². The van der Waals surface area contributed by atoms with E-state index >= 15 is 0 Å². The third-order valence-electron chi connectivity index (χ3n) is 6.91. The Hall–Kier alpha value is -5.20. The summed E-state index contributed by atoms with van der Waals surface area (Å²) in [6.07, 6.45) is 1.10. The quantitative estimate of drug-likeness (QED) is 0.156. The highest BCUT2D eigenvalue weighted by atomic mass is 14.2. The van der Waals surface area contributed by atoms with Gasteiger partial charge < -0.3 is 0 Å². The zero-order chi connectivity index (χ0) is 44.0. The molecule has 0 amide bonds. The molecule has 1 aliphatic rings. The van der Waals surface area contributed by atoms with E-state index in [-0.39, 0.29) is 0 Å². The minimum absolute atomic E-state index is 1.10. The average molecular weight is 767 g/mol. The van der Waals surface area contributed by atoms with Crippen molar-refractivity contribution < 1.29 is 0 Å². The molecular formula is C57H82. The van der Waals surface area contributed by atoms with Crippen LogP contribution in [0.4, 0.5) is 0 Å². The Morgan fingerprint density at radius 1 is 0.211 bits per heavy atom.